The summed E-state index contributed by atoms with van der Waals surface area (Å²) >= 11 is 0. The number of nitrogens with one attached hydrogen (secondary N) is 3. The molecule has 2 aromatic heterocycles. The van der Waals surface area contributed by atoms with E-state index in [0.29, 0.717) is 53.8 Å². The molecule has 3 aliphatic rings. The van der Waals surface area contributed by atoms with Gasteiger partial charge in [-0.1, -0.05) is 0 Å². The first-order valence-corrected chi connectivity index (χ1v) is 10.7. The minimum Gasteiger partial charge on any atom is -0.474 e. The molecule has 32 heavy (non-hydrogen) atoms. The number of anilines is 2. The van der Waals surface area contributed by atoms with Gasteiger partial charge in [-0.2, -0.15) is 0 Å². The number of pyridine rings is 2. The van der Waals surface area contributed by atoms with Crippen molar-refractivity contribution in [2.45, 2.75) is 18.9 Å². The smallest absolute Gasteiger partial charge is 0.413 e. The maximum absolute atomic E-state index is 15.0. The number of nitrogens with zero attached hydrogens (tertiary/aromatic N) is 2. The Hall–Kier alpha value is -3.46. The molecular formula is C23H22FN5O3. The van der Waals surface area contributed by atoms with E-state index in [-0.39, 0.29) is 11.4 Å². The van der Waals surface area contributed by atoms with Crippen molar-refractivity contribution in [3.05, 3.63) is 42.0 Å². The van der Waals surface area contributed by atoms with E-state index in [9.17, 15) is 9.18 Å². The standard InChI is InChI=1S/C23H22FN5O3/c1-12-17(10-28-21-20(12)26-2-3-31-21)16-4-13-6-19(27-8-14(13)5-18(16)24)29-22(30)32-23-7-15(23)9-25-11-23/h4-6,8,10,15,25-26H,2-3,7,9,11H2,1H3,(H,27,29,30)/t15?,23-/m0/s1. The first-order valence-electron chi connectivity index (χ1n) is 10.7. The Bertz CT molecular complexity index is 1270. The van der Waals surface area contributed by atoms with Gasteiger partial charge >= 0.3 is 6.09 Å². The summed E-state index contributed by atoms with van der Waals surface area (Å²) in [6, 6.07) is 4.91. The van der Waals surface area contributed by atoms with Gasteiger partial charge in [-0.05, 0) is 42.5 Å². The van der Waals surface area contributed by atoms with Crippen LogP contribution in [0.2, 0.25) is 0 Å². The molecule has 1 saturated heterocycles. The van der Waals surface area contributed by atoms with Gasteiger partial charge in [-0.25, -0.2) is 19.2 Å². The van der Waals surface area contributed by atoms with E-state index in [0.717, 1.165) is 29.6 Å². The van der Waals surface area contributed by atoms with Gasteiger partial charge in [0.05, 0.1) is 0 Å². The first kappa shape index (κ1) is 19.2. The topological polar surface area (TPSA) is 97.4 Å². The van der Waals surface area contributed by atoms with Crippen molar-refractivity contribution in [3.63, 3.8) is 0 Å². The Balaban J connectivity index is 1.31. The van der Waals surface area contributed by atoms with E-state index < -0.39 is 6.09 Å². The predicted octanol–water partition coefficient (Wildman–Crippen LogP) is 3.46. The van der Waals surface area contributed by atoms with Crippen molar-refractivity contribution in [1.82, 2.24) is 15.3 Å². The highest BCUT2D eigenvalue weighted by Crippen LogP contribution is 2.49. The minimum absolute atomic E-state index is 0.356. The van der Waals surface area contributed by atoms with Gasteiger partial charge in [0.15, 0.2) is 0 Å². The third kappa shape index (κ3) is 3.12. The fourth-order valence-electron chi connectivity index (χ4n) is 4.70. The zero-order chi connectivity index (χ0) is 21.9. The van der Waals surface area contributed by atoms with Crippen LogP contribution in [-0.4, -0.2) is 47.9 Å². The molecule has 2 atom stereocenters. The lowest BCUT2D eigenvalue weighted by Gasteiger charge is -2.21. The molecule has 6 rings (SSSR count). The molecule has 2 fully saturated rings. The highest BCUT2D eigenvalue weighted by Gasteiger charge is 2.61. The van der Waals surface area contributed by atoms with Crippen LogP contribution < -0.4 is 20.7 Å². The minimum atomic E-state index is -0.522. The molecule has 1 aliphatic carbocycles. The Morgan fingerprint density at radius 1 is 1.25 bits per heavy atom. The van der Waals surface area contributed by atoms with Crippen molar-refractivity contribution in [2.75, 3.05) is 36.9 Å². The summed E-state index contributed by atoms with van der Waals surface area (Å²) in [5.74, 6) is 0.919. The number of carbonyl (C=O) groups is 1. The average molecular weight is 435 g/mol. The van der Waals surface area contributed by atoms with Crippen LogP contribution in [0.15, 0.2) is 30.6 Å². The van der Waals surface area contributed by atoms with Gasteiger partial charge in [0, 0.05) is 54.5 Å². The molecule has 3 N–H and O–H groups in total. The van der Waals surface area contributed by atoms with Gasteiger partial charge < -0.3 is 20.1 Å². The number of carbonyl (C=O) groups excluding carboxylic acids is 1. The summed E-state index contributed by atoms with van der Waals surface area (Å²) in [5.41, 5.74) is 2.39. The van der Waals surface area contributed by atoms with E-state index in [1.165, 1.54) is 6.07 Å². The van der Waals surface area contributed by atoms with E-state index >= 15 is 0 Å². The second-order valence-electron chi connectivity index (χ2n) is 8.61. The fraction of sp³-hybridized carbons (Fsp3) is 0.348. The average Bonchev–Trinajstić information content (AvgIpc) is 3.31. The number of piperidine rings is 1. The predicted molar refractivity (Wildman–Crippen MR) is 117 cm³/mol. The second-order valence-corrected chi connectivity index (χ2v) is 8.61. The maximum Gasteiger partial charge on any atom is 0.413 e. The van der Waals surface area contributed by atoms with Gasteiger partial charge in [0.1, 0.15) is 29.5 Å². The summed E-state index contributed by atoms with van der Waals surface area (Å²) in [6.45, 7) is 4.71. The highest BCUT2D eigenvalue weighted by molar-refractivity contribution is 5.92. The van der Waals surface area contributed by atoms with Crippen molar-refractivity contribution >= 4 is 28.4 Å². The van der Waals surface area contributed by atoms with Gasteiger partial charge in [0.2, 0.25) is 5.88 Å². The van der Waals surface area contributed by atoms with Crippen LogP contribution in [0, 0.1) is 18.7 Å². The summed E-state index contributed by atoms with van der Waals surface area (Å²) in [5, 5.41) is 10.6. The van der Waals surface area contributed by atoms with E-state index in [1.807, 2.05) is 6.92 Å². The largest absolute Gasteiger partial charge is 0.474 e. The Morgan fingerprint density at radius 3 is 2.97 bits per heavy atom. The number of benzene rings is 1. The van der Waals surface area contributed by atoms with Crippen molar-refractivity contribution in [2.24, 2.45) is 5.92 Å². The Morgan fingerprint density at radius 2 is 2.16 bits per heavy atom. The number of aromatic nitrogens is 2. The number of halogens is 1. The normalized spacial score (nSPS) is 23.0. The summed E-state index contributed by atoms with van der Waals surface area (Å²) in [4.78, 5) is 21.0. The molecule has 0 radical (unpaired) electrons. The number of hydrogen-bond acceptors (Lipinski definition) is 7. The number of fused-ring (bicyclic) bond motifs is 3. The number of ether oxygens (including phenoxy) is 2. The summed E-state index contributed by atoms with van der Waals surface area (Å²) < 4.78 is 26.2. The lowest BCUT2D eigenvalue weighted by Crippen LogP contribution is -2.29. The molecule has 1 saturated carbocycles. The summed E-state index contributed by atoms with van der Waals surface area (Å²) in [7, 11) is 0. The molecule has 1 amide bonds. The molecular weight excluding hydrogens is 413 g/mol. The van der Waals surface area contributed by atoms with Crippen LogP contribution in [0.5, 0.6) is 5.88 Å². The fourth-order valence-corrected chi connectivity index (χ4v) is 4.70. The molecule has 9 heteroatoms. The molecule has 0 spiro atoms. The molecule has 3 aromatic rings. The maximum atomic E-state index is 15.0. The Labute approximate surface area is 183 Å². The molecule has 8 nitrogen and oxygen atoms in total. The number of rotatable bonds is 3. The first-order chi connectivity index (χ1) is 15.5. The SMILES string of the molecule is Cc1c(-c2cc3cc(NC(=O)O[C@@]45CNCC4C5)ncc3cc2F)cnc2c1NCCO2. The van der Waals surface area contributed by atoms with E-state index in [2.05, 4.69) is 25.9 Å². The third-order valence-corrected chi connectivity index (χ3v) is 6.56. The lowest BCUT2D eigenvalue weighted by atomic mass is 9.98. The van der Waals surface area contributed by atoms with E-state index in [1.54, 1.807) is 24.5 Å². The van der Waals surface area contributed by atoms with Crippen LogP contribution in [0.3, 0.4) is 0 Å². The summed E-state index contributed by atoms with van der Waals surface area (Å²) in [6.07, 6.45) is 3.55. The quantitative estimate of drug-likeness (QED) is 0.580. The monoisotopic (exact) mass is 435 g/mol. The van der Waals surface area contributed by atoms with Crippen LogP contribution in [-0.2, 0) is 4.74 Å². The van der Waals surface area contributed by atoms with Gasteiger partial charge in [-0.3, -0.25) is 5.32 Å². The molecule has 4 heterocycles. The van der Waals surface area contributed by atoms with Gasteiger partial charge in [-0.15, -0.1) is 0 Å². The zero-order valence-electron chi connectivity index (χ0n) is 17.5. The van der Waals surface area contributed by atoms with Gasteiger partial charge in [0.25, 0.3) is 0 Å². The molecule has 2 aliphatic heterocycles. The number of amides is 1. The van der Waals surface area contributed by atoms with Crippen LogP contribution in [0.25, 0.3) is 21.9 Å². The van der Waals surface area contributed by atoms with Crippen molar-refractivity contribution in [3.8, 4) is 17.0 Å². The van der Waals surface area contributed by atoms with Crippen molar-refractivity contribution < 1.29 is 18.7 Å². The molecule has 1 aromatic carbocycles. The molecule has 164 valence electrons. The molecule has 0 bridgehead atoms. The van der Waals surface area contributed by atoms with Crippen molar-refractivity contribution in [1.29, 1.82) is 0 Å². The molecule has 1 unspecified atom stereocenters. The second kappa shape index (κ2) is 7.03. The lowest BCUT2D eigenvalue weighted by molar-refractivity contribution is 0.0976. The Kier molecular flexibility index (Phi) is 4.23. The number of hydrogen-bond donors (Lipinski definition) is 3. The van der Waals surface area contributed by atoms with Crippen LogP contribution >= 0.6 is 0 Å². The highest BCUT2D eigenvalue weighted by atomic mass is 19.1. The van der Waals surface area contributed by atoms with E-state index in [4.69, 9.17) is 9.47 Å². The third-order valence-electron chi connectivity index (χ3n) is 6.56. The van der Waals surface area contributed by atoms with Crippen LogP contribution in [0.1, 0.15) is 12.0 Å². The zero-order valence-corrected chi connectivity index (χ0v) is 17.5. The van der Waals surface area contributed by atoms with Crippen LogP contribution in [0.4, 0.5) is 20.7 Å².